The number of hydrogen-bond acceptors (Lipinski definition) is 5. The third kappa shape index (κ3) is 1.72. The van der Waals surface area contributed by atoms with Crippen LogP contribution in [0, 0.1) is 0 Å². The number of fused-ring (bicyclic) bond motifs is 1. The number of carbonyl (C=O) groups excluding carboxylic acids is 2. The van der Waals surface area contributed by atoms with Crippen LogP contribution >= 0.6 is 11.8 Å². The van der Waals surface area contributed by atoms with Crippen molar-refractivity contribution in [3.05, 3.63) is 11.8 Å². The maximum absolute atomic E-state index is 11.7. The Morgan fingerprint density at radius 2 is 2.38 bits per heavy atom. The standard InChI is InChI=1S/C10H14N2O3S/c1-5(2)15-10(14)6-3-4-16-9-7(11)8(13)12(6)9/h3,5,7,9H,4,11H2,1-2H3/t7?,9-/m1/s1. The van der Waals surface area contributed by atoms with Gasteiger partial charge >= 0.3 is 5.97 Å². The molecule has 5 nitrogen and oxygen atoms in total. The van der Waals surface area contributed by atoms with E-state index in [1.165, 1.54) is 4.90 Å². The van der Waals surface area contributed by atoms with Crippen molar-refractivity contribution in [3.63, 3.8) is 0 Å². The molecular weight excluding hydrogens is 228 g/mol. The third-order valence-corrected chi connectivity index (χ3v) is 3.64. The van der Waals surface area contributed by atoms with E-state index >= 15 is 0 Å². The van der Waals surface area contributed by atoms with Gasteiger partial charge < -0.3 is 10.5 Å². The molecule has 2 atom stereocenters. The summed E-state index contributed by atoms with van der Waals surface area (Å²) < 4.78 is 5.07. The molecule has 88 valence electrons. The van der Waals surface area contributed by atoms with Gasteiger partial charge in [-0.1, -0.05) is 0 Å². The monoisotopic (exact) mass is 242 g/mol. The predicted molar refractivity (Wildman–Crippen MR) is 60.4 cm³/mol. The average Bonchev–Trinajstić information content (AvgIpc) is 2.26. The van der Waals surface area contributed by atoms with E-state index in [0.717, 1.165) is 0 Å². The number of carbonyl (C=O) groups is 2. The SMILES string of the molecule is CC(C)OC(=O)C1=CCS[C@@H]2C(N)C(=O)N12. The van der Waals surface area contributed by atoms with Gasteiger partial charge in [0.05, 0.1) is 6.10 Å². The number of esters is 1. The lowest BCUT2D eigenvalue weighted by molar-refractivity contribution is -0.152. The number of nitrogens with two attached hydrogens (primary N) is 1. The van der Waals surface area contributed by atoms with Crippen molar-refractivity contribution in [2.45, 2.75) is 31.4 Å². The molecule has 1 unspecified atom stereocenters. The van der Waals surface area contributed by atoms with Crippen LogP contribution in [0.15, 0.2) is 11.8 Å². The van der Waals surface area contributed by atoms with Gasteiger partial charge in [0.15, 0.2) is 0 Å². The van der Waals surface area contributed by atoms with E-state index in [9.17, 15) is 9.59 Å². The number of thioether (sulfide) groups is 1. The van der Waals surface area contributed by atoms with Gasteiger partial charge in [0.25, 0.3) is 0 Å². The van der Waals surface area contributed by atoms with Crippen LogP contribution in [0.4, 0.5) is 0 Å². The summed E-state index contributed by atoms with van der Waals surface area (Å²) in [5.74, 6) is 0.0368. The lowest BCUT2D eigenvalue weighted by atomic mass is 10.1. The molecule has 2 aliphatic heterocycles. The molecule has 1 fully saturated rings. The summed E-state index contributed by atoms with van der Waals surface area (Å²) in [6.07, 6.45) is 1.53. The van der Waals surface area contributed by atoms with Gasteiger partial charge in [-0.25, -0.2) is 4.79 Å². The van der Waals surface area contributed by atoms with E-state index in [1.807, 2.05) is 0 Å². The van der Waals surface area contributed by atoms with E-state index in [4.69, 9.17) is 10.5 Å². The molecule has 2 rings (SSSR count). The Kier molecular flexibility index (Phi) is 2.94. The van der Waals surface area contributed by atoms with E-state index in [-0.39, 0.29) is 17.4 Å². The van der Waals surface area contributed by atoms with Crippen molar-refractivity contribution in [1.82, 2.24) is 4.90 Å². The first-order valence-electron chi connectivity index (χ1n) is 5.13. The Morgan fingerprint density at radius 3 is 3.00 bits per heavy atom. The van der Waals surface area contributed by atoms with Gasteiger partial charge in [-0.05, 0) is 19.9 Å². The Hall–Kier alpha value is -1.01. The summed E-state index contributed by atoms with van der Waals surface area (Å²) in [5.41, 5.74) is 5.99. The molecule has 2 heterocycles. The summed E-state index contributed by atoms with van der Waals surface area (Å²) in [4.78, 5) is 24.7. The Labute approximate surface area is 98.0 Å². The second kappa shape index (κ2) is 4.10. The predicted octanol–water partition coefficient (Wildman–Crippen LogP) is 0.0643. The number of nitrogens with zero attached hydrogens (tertiary/aromatic N) is 1. The highest BCUT2D eigenvalue weighted by molar-refractivity contribution is 8.00. The van der Waals surface area contributed by atoms with Crippen LogP contribution in [0.5, 0.6) is 0 Å². The summed E-state index contributed by atoms with van der Waals surface area (Å²) >= 11 is 1.56. The molecule has 0 aliphatic carbocycles. The number of rotatable bonds is 2. The first kappa shape index (κ1) is 11.5. The van der Waals surface area contributed by atoms with Gasteiger partial charge in [0, 0.05) is 5.75 Å². The topological polar surface area (TPSA) is 72.6 Å². The Balaban J connectivity index is 2.13. The quantitative estimate of drug-likeness (QED) is 0.548. The third-order valence-electron chi connectivity index (χ3n) is 2.44. The molecule has 2 N–H and O–H groups in total. The number of hydrogen-bond donors (Lipinski definition) is 1. The van der Waals surface area contributed by atoms with Gasteiger partial charge in [-0.3, -0.25) is 9.69 Å². The zero-order chi connectivity index (χ0) is 11.9. The fourth-order valence-corrected chi connectivity index (χ4v) is 2.84. The molecule has 0 spiro atoms. The van der Waals surface area contributed by atoms with Gasteiger partial charge in [0.1, 0.15) is 17.1 Å². The summed E-state index contributed by atoms with van der Waals surface area (Å²) in [7, 11) is 0. The maximum atomic E-state index is 11.7. The molecule has 0 saturated carbocycles. The smallest absolute Gasteiger partial charge is 0.355 e. The number of ether oxygens (including phenoxy) is 1. The first-order valence-corrected chi connectivity index (χ1v) is 6.18. The molecule has 0 aromatic heterocycles. The molecule has 16 heavy (non-hydrogen) atoms. The Bertz CT molecular complexity index is 367. The van der Waals surface area contributed by atoms with E-state index in [1.54, 1.807) is 31.7 Å². The highest BCUT2D eigenvalue weighted by atomic mass is 32.2. The van der Waals surface area contributed by atoms with Crippen LogP contribution in [0.3, 0.4) is 0 Å². The summed E-state index contributed by atoms with van der Waals surface area (Å²) in [6, 6.07) is -0.486. The molecule has 0 bridgehead atoms. The van der Waals surface area contributed by atoms with Crippen molar-refractivity contribution >= 4 is 23.6 Å². The molecule has 0 radical (unpaired) electrons. The van der Waals surface area contributed by atoms with Crippen LogP contribution in [-0.2, 0) is 14.3 Å². The van der Waals surface area contributed by atoms with E-state index in [0.29, 0.717) is 11.4 Å². The fraction of sp³-hybridized carbons (Fsp3) is 0.600. The van der Waals surface area contributed by atoms with Gasteiger partial charge in [0.2, 0.25) is 5.91 Å². The molecule has 1 saturated heterocycles. The zero-order valence-electron chi connectivity index (χ0n) is 9.17. The van der Waals surface area contributed by atoms with Crippen molar-refractivity contribution in [3.8, 4) is 0 Å². The minimum absolute atomic E-state index is 0.104. The molecule has 0 aromatic carbocycles. The zero-order valence-corrected chi connectivity index (χ0v) is 9.99. The second-order valence-corrected chi connectivity index (χ2v) is 5.15. The summed E-state index contributed by atoms with van der Waals surface area (Å²) in [5, 5.41) is -0.104. The fourth-order valence-electron chi connectivity index (χ4n) is 1.70. The molecular formula is C10H14N2O3S. The molecule has 6 heteroatoms. The highest BCUT2D eigenvalue weighted by Gasteiger charge is 2.50. The molecule has 0 aromatic rings. The molecule has 2 aliphatic rings. The Morgan fingerprint density at radius 1 is 1.69 bits per heavy atom. The molecule has 1 amide bonds. The van der Waals surface area contributed by atoms with Gasteiger partial charge in [-0.15, -0.1) is 11.8 Å². The van der Waals surface area contributed by atoms with E-state index < -0.39 is 12.0 Å². The number of β-lactam (4-membered cyclic amide) rings is 1. The lowest BCUT2D eigenvalue weighted by Crippen LogP contribution is -2.68. The van der Waals surface area contributed by atoms with E-state index in [2.05, 4.69) is 0 Å². The largest absolute Gasteiger partial charge is 0.458 e. The average molecular weight is 242 g/mol. The van der Waals surface area contributed by atoms with Gasteiger partial charge in [-0.2, -0.15) is 0 Å². The lowest BCUT2D eigenvalue weighted by Gasteiger charge is -2.46. The van der Waals surface area contributed by atoms with Crippen molar-refractivity contribution in [2.75, 3.05) is 5.75 Å². The second-order valence-electron chi connectivity index (χ2n) is 4.00. The van der Waals surface area contributed by atoms with Crippen LogP contribution < -0.4 is 5.73 Å². The highest BCUT2D eigenvalue weighted by Crippen LogP contribution is 2.36. The maximum Gasteiger partial charge on any atom is 0.355 e. The van der Waals surface area contributed by atoms with Crippen LogP contribution in [0.25, 0.3) is 0 Å². The van der Waals surface area contributed by atoms with Crippen molar-refractivity contribution < 1.29 is 14.3 Å². The van der Waals surface area contributed by atoms with Crippen molar-refractivity contribution in [2.24, 2.45) is 5.73 Å². The van der Waals surface area contributed by atoms with Crippen LogP contribution in [0.1, 0.15) is 13.8 Å². The van der Waals surface area contributed by atoms with Crippen LogP contribution in [-0.4, -0.2) is 40.0 Å². The first-order chi connectivity index (χ1) is 7.52. The van der Waals surface area contributed by atoms with Crippen molar-refractivity contribution in [1.29, 1.82) is 0 Å². The number of amides is 1. The van der Waals surface area contributed by atoms with Crippen LogP contribution in [0.2, 0.25) is 0 Å². The minimum atomic E-state index is -0.486. The minimum Gasteiger partial charge on any atom is -0.458 e. The summed E-state index contributed by atoms with van der Waals surface area (Å²) in [6.45, 7) is 3.55. The normalized spacial score (nSPS) is 28.4.